The molecule has 1 aliphatic rings. The van der Waals surface area contributed by atoms with Gasteiger partial charge in [0.1, 0.15) is 78.0 Å². The topological polar surface area (TPSA) is 504 Å². The lowest BCUT2D eigenvalue weighted by molar-refractivity contribution is -0.142. The molecule has 518 valence electrons. The van der Waals surface area contributed by atoms with Gasteiger partial charge in [-0.15, -0.1) is 0 Å². The minimum Gasteiger partial charge on any atom is -0.508 e. The van der Waals surface area contributed by atoms with E-state index in [1.165, 1.54) is 62.4 Å². The van der Waals surface area contributed by atoms with Crippen molar-refractivity contribution in [1.82, 2.24) is 58.5 Å². The number of carboxylic acid groups (broad SMARTS) is 2. The number of carboxylic acids is 2. The summed E-state index contributed by atoms with van der Waals surface area (Å²) in [5.41, 5.74) is 11.6. The standard InChI is InChI=1S/C62H91N13O18S/c1-6-7-14-40(56(86)75-48(32-94)61(91)72-45(30-49(64)78)59(89)74-47(62(92)93)29-37-19-23-39(77)24-20-37)68-54(84)42-16-13-11-9-8-10-12-15-41(67-53(83)35(5)66-52(82)34(4)65-50(79)25-26-63)55(85)70-43(27-33(2)3)57(87)73-46(31-51(80)81)60(90)71-44(58(88)69-42)28-36-17-21-38(76)22-18-36/h8-9,17-24,33-35,40-48,76-77,94H,6-7,10-16,25-32,63H2,1-5H3,(H2,64,78)(H,65,79)(H,66,82)(H,67,83)(H,68,84)(H,69,88)(H,70,85)(H,71,90)(H,72,91)(H,73,87)(H,74,89)(H,75,86)(H,80,81)(H,92,93)/b9-8-/t34-,35-,40-,41-,42-,43-,44-,45-,46-,47-,48-/m0/s1. The number of carbonyl (C=O) groups excluding carboxylic acids is 12. The summed E-state index contributed by atoms with van der Waals surface area (Å²) in [6.07, 6.45) is 2.63. The van der Waals surface area contributed by atoms with Crippen LogP contribution in [0.2, 0.25) is 0 Å². The molecule has 1 aliphatic heterocycles. The monoisotopic (exact) mass is 1340 g/mol. The van der Waals surface area contributed by atoms with E-state index in [0.717, 1.165) is 0 Å². The summed E-state index contributed by atoms with van der Waals surface area (Å²) in [6, 6.07) is -5.51. The van der Waals surface area contributed by atoms with Crippen molar-refractivity contribution in [3.63, 3.8) is 0 Å². The van der Waals surface area contributed by atoms with Crippen LogP contribution in [-0.2, 0) is 80.0 Å². The van der Waals surface area contributed by atoms with Crippen molar-refractivity contribution < 1.29 is 87.5 Å². The van der Waals surface area contributed by atoms with Crippen LogP contribution in [0.15, 0.2) is 60.7 Å². The predicted octanol–water partition coefficient (Wildman–Crippen LogP) is -1.88. The number of hydrogen-bond donors (Lipinski definition) is 18. The molecule has 0 radical (unpaired) electrons. The normalized spacial score (nSPS) is 19.9. The number of nitrogens with two attached hydrogens (primary N) is 2. The highest BCUT2D eigenvalue weighted by Gasteiger charge is 2.37. The van der Waals surface area contributed by atoms with Gasteiger partial charge in [-0.2, -0.15) is 12.6 Å². The average Bonchev–Trinajstić information content (AvgIpc) is 1.03. The van der Waals surface area contributed by atoms with Gasteiger partial charge in [-0.05, 0) is 107 Å². The molecule has 0 saturated heterocycles. The number of nitrogens with one attached hydrogen (secondary N) is 11. The number of rotatable bonds is 30. The number of primary amides is 1. The van der Waals surface area contributed by atoms with E-state index in [0.29, 0.717) is 30.4 Å². The Hall–Kier alpha value is -9.33. The number of unbranched alkanes of at least 4 members (excludes halogenated alkanes) is 1. The molecule has 0 spiro atoms. The van der Waals surface area contributed by atoms with Crippen LogP contribution < -0.4 is 70.0 Å². The third-order valence-electron chi connectivity index (χ3n) is 14.7. The molecule has 31 nitrogen and oxygen atoms in total. The molecule has 0 aliphatic carbocycles. The van der Waals surface area contributed by atoms with E-state index >= 15 is 0 Å². The first-order valence-electron chi connectivity index (χ1n) is 31.0. The first-order chi connectivity index (χ1) is 44.4. The minimum atomic E-state index is -1.91. The summed E-state index contributed by atoms with van der Waals surface area (Å²) >= 11 is 4.23. The fourth-order valence-corrected chi connectivity index (χ4v) is 9.81. The van der Waals surface area contributed by atoms with E-state index in [4.69, 9.17) is 11.5 Å². The van der Waals surface area contributed by atoms with E-state index < -0.39 is 168 Å². The van der Waals surface area contributed by atoms with Gasteiger partial charge in [0.15, 0.2) is 0 Å². The maximum Gasteiger partial charge on any atom is 0.326 e. The molecule has 0 unspecified atom stereocenters. The molecule has 0 saturated carbocycles. The van der Waals surface area contributed by atoms with Gasteiger partial charge < -0.3 is 90.4 Å². The highest BCUT2D eigenvalue weighted by Crippen LogP contribution is 2.17. The predicted molar refractivity (Wildman–Crippen MR) is 343 cm³/mol. The Labute approximate surface area is 549 Å². The second kappa shape index (κ2) is 40.6. The SMILES string of the molecule is CCCC[C@H](NC(=O)[C@@H]1CCC/C=C\CCC[C@H](NC(=O)[C@H](C)NC(=O)[C@H](C)NC(=O)CCN)C(=O)N[C@@H](CC(C)C)C(=O)N[C@@H](CC(=O)O)C(=O)N[C@@H](Cc2ccc(O)cc2)C(=O)N1)C(=O)N[C@@H](CS)C(=O)N[C@@H](CC(N)=O)C(=O)N[C@@H](Cc1ccc(O)cc1)C(=O)O. The summed E-state index contributed by atoms with van der Waals surface area (Å²) in [7, 11) is 0. The summed E-state index contributed by atoms with van der Waals surface area (Å²) < 4.78 is 0. The van der Waals surface area contributed by atoms with Gasteiger partial charge in [-0.3, -0.25) is 62.3 Å². The Balaban J connectivity index is 2.03. The Morgan fingerprint density at radius 2 is 1.13 bits per heavy atom. The molecule has 11 atom stereocenters. The van der Waals surface area contributed by atoms with Crippen molar-refractivity contribution in [2.45, 2.75) is 197 Å². The van der Waals surface area contributed by atoms with Gasteiger partial charge in [0, 0.05) is 31.6 Å². The molecule has 32 heteroatoms. The van der Waals surface area contributed by atoms with Crippen molar-refractivity contribution in [3.05, 3.63) is 71.8 Å². The first kappa shape index (κ1) is 78.9. The lowest BCUT2D eigenvalue weighted by Gasteiger charge is -2.28. The zero-order valence-corrected chi connectivity index (χ0v) is 54.2. The molecular weight excluding hydrogens is 1250 g/mol. The van der Waals surface area contributed by atoms with Crippen LogP contribution in [0.1, 0.15) is 129 Å². The Morgan fingerprint density at radius 1 is 0.606 bits per heavy atom. The third-order valence-corrected chi connectivity index (χ3v) is 15.1. The Morgan fingerprint density at radius 3 is 1.69 bits per heavy atom. The number of hydrogen-bond acceptors (Lipinski definition) is 18. The zero-order valence-electron chi connectivity index (χ0n) is 53.3. The molecule has 1 heterocycles. The molecule has 12 amide bonds. The molecule has 94 heavy (non-hydrogen) atoms. The summed E-state index contributed by atoms with van der Waals surface area (Å²) in [6.45, 7) is 8.02. The summed E-state index contributed by atoms with van der Waals surface area (Å²) in [4.78, 5) is 189. The van der Waals surface area contributed by atoms with Crippen molar-refractivity contribution in [3.8, 4) is 11.5 Å². The second-order valence-corrected chi connectivity index (χ2v) is 23.6. The highest BCUT2D eigenvalue weighted by molar-refractivity contribution is 7.80. The van der Waals surface area contributed by atoms with Crippen LogP contribution in [0.4, 0.5) is 0 Å². The van der Waals surface area contributed by atoms with Crippen molar-refractivity contribution >= 4 is 95.5 Å². The molecule has 0 fully saturated rings. The van der Waals surface area contributed by atoms with E-state index in [2.05, 4.69) is 71.1 Å². The lowest BCUT2D eigenvalue weighted by atomic mass is 10.0. The van der Waals surface area contributed by atoms with E-state index in [9.17, 15) is 87.5 Å². The molecular formula is C62H91N13O18S. The molecule has 2 aromatic carbocycles. The van der Waals surface area contributed by atoms with Gasteiger partial charge in [0.2, 0.25) is 70.9 Å². The number of aliphatic carboxylic acids is 2. The minimum absolute atomic E-state index is 0.0249. The number of phenolic OH excluding ortho intramolecular Hbond substituents is 2. The number of carbonyl (C=O) groups is 14. The summed E-state index contributed by atoms with van der Waals surface area (Å²) in [5, 5.41) is 67.2. The largest absolute Gasteiger partial charge is 0.508 e. The molecule has 3 rings (SSSR count). The Kier molecular flexibility index (Phi) is 34.1. The van der Waals surface area contributed by atoms with E-state index in [1.54, 1.807) is 32.9 Å². The second-order valence-electron chi connectivity index (χ2n) is 23.2. The fraction of sp³-hybridized carbons (Fsp3) is 0.548. The summed E-state index contributed by atoms with van der Waals surface area (Å²) in [5.74, 6) is -15.2. The maximum absolute atomic E-state index is 14.7. The number of allylic oxidation sites excluding steroid dienone is 2. The van der Waals surface area contributed by atoms with Crippen LogP contribution in [0, 0.1) is 5.92 Å². The van der Waals surface area contributed by atoms with Gasteiger partial charge in [-0.25, -0.2) is 4.79 Å². The van der Waals surface area contributed by atoms with Crippen molar-refractivity contribution in [1.29, 1.82) is 0 Å². The number of phenols is 2. The molecule has 0 bridgehead atoms. The van der Waals surface area contributed by atoms with Crippen LogP contribution in [0.25, 0.3) is 0 Å². The highest BCUT2D eigenvalue weighted by atomic mass is 32.1. The van der Waals surface area contributed by atoms with Crippen molar-refractivity contribution in [2.24, 2.45) is 17.4 Å². The fourth-order valence-electron chi connectivity index (χ4n) is 9.56. The Bertz CT molecular complexity index is 2990. The number of aromatic hydroxyl groups is 2. The van der Waals surface area contributed by atoms with Crippen LogP contribution in [-0.4, -0.2) is 182 Å². The maximum atomic E-state index is 14.7. The van der Waals surface area contributed by atoms with E-state index in [1.807, 2.05) is 0 Å². The van der Waals surface area contributed by atoms with Gasteiger partial charge >= 0.3 is 11.9 Å². The first-order valence-corrected chi connectivity index (χ1v) is 31.7. The molecule has 19 N–H and O–H groups in total. The van der Waals surface area contributed by atoms with Crippen LogP contribution >= 0.6 is 12.6 Å². The number of thiol groups is 1. The van der Waals surface area contributed by atoms with Gasteiger partial charge in [-0.1, -0.05) is 70.0 Å². The third kappa shape index (κ3) is 28.7. The van der Waals surface area contributed by atoms with Gasteiger partial charge in [0.05, 0.1) is 12.8 Å². The van der Waals surface area contributed by atoms with Gasteiger partial charge in [0.25, 0.3) is 0 Å². The van der Waals surface area contributed by atoms with Crippen molar-refractivity contribution in [2.75, 3.05) is 12.3 Å². The lowest BCUT2D eigenvalue weighted by Crippen LogP contribution is -2.61. The number of benzene rings is 2. The zero-order chi connectivity index (χ0) is 70.2. The van der Waals surface area contributed by atoms with E-state index in [-0.39, 0.29) is 88.2 Å². The number of amides is 12. The average molecular weight is 1340 g/mol. The quantitative estimate of drug-likeness (QED) is 0.0300. The van der Waals surface area contributed by atoms with Crippen LogP contribution in [0.5, 0.6) is 11.5 Å². The molecule has 0 aromatic heterocycles. The smallest absolute Gasteiger partial charge is 0.326 e. The molecule has 2 aromatic rings. The van der Waals surface area contributed by atoms with Crippen LogP contribution in [0.3, 0.4) is 0 Å².